The maximum atomic E-state index is 11.6. The van der Waals surface area contributed by atoms with Crippen LogP contribution in [0.25, 0.3) is 0 Å². The average Bonchev–Trinajstić information content (AvgIpc) is 2.94. The first kappa shape index (κ1) is 11.8. The molecule has 0 saturated heterocycles. The van der Waals surface area contributed by atoms with Crippen LogP contribution in [-0.4, -0.2) is 25.2 Å². The first-order valence-electron chi connectivity index (χ1n) is 5.10. The number of hydrogen-bond donors (Lipinski definition) is 0. The molecule has 4 nitrogen and oxygen atoms in total. The van der Waals surface area contributed by atoms with Crippen LogP contribution in [0.2, 0.25) is 0 Å². The van der Waals surface area contributed by atoms with Gasteiger partial charge in [0, 0.05) is 5.92 Å². The normalized spacial score (nSPS) is 21.6. The van der Waals surface area contributed by atoms with Crippen LogP contribution in [0, 0.1) is 11.3 Å². The number of hydrogen-bond acceptors (Lipinski definition) is 4. The minimum Gasteiger partial charge on any atom is -0.465 e. The first-order valence-corrected chi connectivity index (χ1v) is 5.10. The molecule has 0 N–H and O–H groups in total. The Bertz CT molecular complexity index is 264. The van der Waals surface area contributed by atoms with Crippen LogP contribution >= 0.6 is 0 Å². The van der Waals surface area contributed by atoms with Gasteiger partial charge in [-0.3, -0.25) is 9.59 Å². The number of carbonyl (C=O) groups is 2. The molecule has 0 aliphatic heterocycles. The quantitative estimate of drug-likeness (QED) is 0.391. The summed E-state index contributed by atoms with van der Waals surface area (Å²) in [5.74, 6) is -1.13. The smallest absolute Gasteiger partial charge is 0.324 e. The summed E-state index contributed by atoms with van der Waals surface area (Å²) in [5.41, 5.74) is -1.10. The Labute approximate surface area is 89.2 Å². The topological polar surface area (TPSA) is 52.6 Å². The molecule has 1 atom stereocenters. The maximum Gasteiger partial charge on any atom is 0.324 e. The molecule has 0 amide bonds. The van der Waals surface area contributed by atoms with Crippen molar-refractivity contribution in [2.24, 2.45) is 11.3 Å². The van der Waals surface area contributed by atoms with E-state index in [1.54, 1.807) is 19.9 Å². The fraction of sp³-hybridized carbons (Fsp3) is 0.636. The summed E-state index contributed by atoms with van der Waals surface area (Å²) in [4.78, 5) is 23.3. The second-order valence-corrected chi connectivity index (χ2v) is 3.46. The summed E-state index contributed by atoms with van der Waals surface area (Å²) in [7, 11) is 0. The van der Waals surface area contributed by atoms with Crippen molar-refractivity contribution < 1.29 is 19.1 Å². The zero-order chi connectivity index (χ0) is 11.5. The highest BCUT2D eigenvalue weighted by atomic mass is 16.6. The van der Waals surface area contributed by atoms with Crippen molar-refractivity contribution in [1.29, 1.82) is 0 Å². The highest BCUT2D eigenvalue weighted by molar-refractivity contribution is 6.04. The predicted molar refractivity (Wildman–Crippen MR) is 54.0 cm³/mol. The molecule has 0 heterocycles. The molecule has 0 spiro atoms. The molecular weight excluding hydrogens is 196 g/mol. The summed E-state index contributed by atoms with van der Waals surface area (Å²) < 4.78 is 9.76. The molecule has 1 saturated carbocycles. The van der Waals surface area contributed by atoms with E-state index in [-0.39, 0.29) is 19.1 Å². The minimum absolute atomic E-state index is 0.143. The number of rotatable bonds is 5. The highest BCUT2D eigenvalue weighted by Crippen LogP contribution is 2.55. The Morgan fingerprint density at radius 2 is 1.80 bits per heavy atom. The second kappa shape index (κ2) is 4.47. The Hall–Kier alpha value is -1.32. The monoisotopic (exact) mass is 212 g/mol. The Morgan fingerprint density at radius 1 is 1.33 bits per heavy atom. The van der Waals surface area contributed by atoms with Gasteiger partial charge in [0.2, 0.25) is 0 Å². The molecule has 0 aromatic carbocycles. The summed E-state index contributed by atoms with van der Waals surface area (Å²) >= 11 is 0. The number of ether oxygens (including phenoxy) is 2. The Balaban J connectivity index is 2.77. The van der Waals surface area contributed by atoms with Gasteiger partial charge in [-0.2, -0.15) is 0 Å². The molecule has 1 aliphatic rings. The van der Waals surface area contributed by atoms with Gasteiger partial charge in [0.1, 0.15) is 0 Å². The largest absolute Gasteiger partial charge is 0.465 e. The van der Waals surface area contributed by atoms with Crippen LogP contribution in [-0.2, 0) is 19.1 Å². The van der Waals surface area contributed by atoms with Crippen LogP contribution in [0.4, 0.5) is 0 Å². The van der Waals surface area contributed by atoms with Gasteiger partial charge in [0.05, 0.1) is 13.2 Å². The van der Waals surface area contributed by atoms with E-state index in [9.17, 15) is 9.59 Å². The summed E-state index contributed by atoms with van der Waals surface area (Å²) in [6.07, 6.45) is 2.06. The average molecular weight is 212 g/mol. The SMILES string of the molecule is C=C[C@@H]1CC1(C(=O)OCC)C(=O)OCC. The third kappa shape index (κ3) is 1.89. The molecule has 1 rings (SSSR count). The van der Waals surface area contributed by atoms with Crippen LogP contribution < -0.4 is 0 Å². The molecular formula is C11H16O4. The van der Waals surface area contributed by atoms with Crippen molar-refractivity contribution in [3.63, 3.8) is 0 Å². The first-order chi connectivity index (χ1) is 7.13. The van der Waals surface area contributed by atoms with Crippen molar-refractivity contribution in [2.45, 2.75) is 20.3 Å². The van der Waals surface area contributed by atoms with Gasteiger partial charge in [0.25, 0.3) is 0 Å². The number of esters is 2. The van der Waals surface area contributed by atoms with Crippen molar-refractivity contribution in [3.8, 4) is 0 Å². The molecule has 1 fully saturated rings. The Kier molecular flexibility index (Phi) is 3.50. The molecule has 1 aliphatic carbocycles. The van der Waals surface area contributed by atoms with Crippen molar-refractivity contribution in [1.82, 2.24) is 0 Å². The maximum absolute atomic E-state index is 11.6. The van der Waals surface area contributed by atoms with E-state index >= 15 is 0 Å². The van der Waals surface area contributed by atoms with Crippen molar-refractivity contribution in [3.05, 3.63) is 12.7 Å². The lowest BCUT2D eigenvalue weighted by Gasteiger charge is -2.13. The lowest BCUT2D eigenvalue weighted by Crippen LogP contribution is -2.31. The van der Waals surface area contributed by atoms with Gasteiger partial charge in [-0.15, -0.1) is 6.58 Å². The van der Waals surface area contributed by atoms with Gasteiger partial charge in [-0.05, 0) is 20.3 Å². The van der Waals surface area contributed by atoms with E-state index in [4.69, 9.17) is 9.47 Å². The van der Waals surface area contributed by atoms with Crippen LogP contribution in [0.15, 0.2) is 12.7 Å². The number of carbonyl (C=O) groups excluding carboxylic acids is 2. The molecule has 4 heteroatoms. The van der Waals surface area contributed by atoms with E-state index in [1.807, 2.05) is 0 Å². The van der Waals surface area contributed by atoms with E-state index in [0.717, 1.165) is 0 Å². The fourth-order valence-electron chi connectivity index (χ4n) is 1.64. The standard InChI is InChI=1S/C11H16O4/c1-4-8-7-11(8,9(12)14-5-2)10(13)15-6-3/h4,8H,1,5-7H2,2-3H3/t8-/m1/s1. The third-order valence-corrected chi connectivity index (χ3v) is 2.58. The minimum atomic E-state index is -1.10. The zero-order valence-corrected chi connectivity index (χ0v) is 9.12. The third-order valence-electron chi connectivity index (χ3n) is 2.58. The molecule has 0 unspecified atom stereocenters. The number of allylic oxidation sites excluding steroid dienone is 1. The summed E-state index contributed by atoms with van der Waals surface area (Å²) in [6.45, 7) is 7.54. The molecule has 84 valence electrons. The van der Waals surface area contributed by atoms with E-state index in [0.29, 0.717) is 6.42 Å². The molecule has 0 aromatic rings. The van der Waals surface area contributed by atoms with Gasteiger partial charge in [-0.25, -0.2) is 0 Å². The molecule has 0 aromatic heterocycles. The van der Waals surface area contributed by atoms with Crippen LogP contribution in [0.3, 0.4) is 0 Å². The van der Waals surface area contributed by atoms with Gasteiger partial charge >= 0.3 is 11.9 Å². The summed E-state index contributed by atoms with van der Waals surface area (Å²) in [6, 6.07) is 0. The lowest BCUT2D eigenvalue weighted by molar-refractivity contribution is -0.164. The van der Waals surface area contributed by atoms with E-state index in [1.165, 1.54) is 0 Å². The lowest BCUT2D eigenvalue weighted by atomic mass is 10.0. The predicted octanol–water partition coefficient (Wildman–Crippen LogP) is 1.30. The van der Waals surface area contributed by atoms with Crippen molar-refractivity contribution >= 4 is 11.9 Å². The van der Waals surface area contributed by atoms with E-state index in [2.05, 4.69) is 6.58 Å². The Morgan fingerprint density at radius 3 is 2.07 bits per heavy atom. The van der Waals surface area contributed by atoms with Crippen LogP contribution in [0.5, 0.6) is 0 Å². The van der Waals surface area contributed by atoms with Gasteiger partial charge in [-0.1, -0.05) is 6.08 Å². The van der Waals surface area contributed by atoms with Gasteiger partial charge < -0.3 is 9.47 Å². The van der Waals surface area contributed by atoms with Gasteiger partial charge in [0.15, 0.2) is 5.41 Å². The van der Waals surface area contributed by atoms with Crippen molar-refractivity contribution in [2.75, 3.05) is 13.2 Å². The fourth-order valence-corrected chi connectivity index (χ4v) is 1.64. The molecule has 0 radical (unpaired) electrons. The van der Waals surface area contributed by atoms with Crippen LogP contribution in [0.1, 0.15) is 20.3 Å². The summed E-state index contributed by atoms with van der Waals surface area (Å²) in [5, 5.41) is 0. The molecule has 15 heavy (non-hydrogen) atoms. The second-order valence-electron chi connectivity index (χ2n) is 3.46. The van der Waals surface area contributed by atoms with E-state index < -0.39 is 17.4 Å². The zero-order valence-electron chi connectivity index (χ0n) is 9.12. The highest BCUT2D eigenvalue weighted by Gasteiger charge is 2.66. The molecule has 0 bridgehead atoms.